The predicted molar refractivity (Wildman–Crippen MR) is 110 cm³/mol. The fourth-order valence-corrected chi connectivity index (χ4v) is 8.57. The van der Waals surface area contributed by atoms with Crippen molar-refractivity contribution < 1.29 is 17.9 Å². The summed E-state index contributed by atoms with van der Waals surface area (Å²) >= 11 is 0. The lowest BCUT2D eigenvalue weighted by Gasteiger charge is -2.61. The molecule has 9 atom stereocenters. The molecule has 29 heavy (non-hydrogen) atoms. The van der Waals surface area contributed by atoms with E-state index in [1.165, 1.54) is 38.5 Å². The topological polar surface area (TPSA) is 12.5 Å². The molecule has 0 aromatic rings. The molecule has 0 N–H and O–H groups in total. The Balaban J connectivity index is 0.000000994. The molecule has 1 nitrogen and oxygen atoms in total. The minimum absolute atomic E-state index is 0.156. The Hall–Kier alpha value is -0.250. The van der Waals surface area contributed by atoms with E-state index in [-0.39, 0.29) is 5.41 Å². The van der Waals surface area contributed by atoms with Crippen molar-refractivity contribution in [1.82, 2.24) is 0 Å². The van der Waals surface area contributed by atoms with Gasteiger partial charge in [0.1, 0.15) is 0 Å². The highest BCUT2D eigenvalue weighted by Gasteiger charge is 2.61. The summed E-state index contributed by atoms with van der Waals surface area (Å²) in [5.41, 5.74) is 0.614. The first-order valence-corrected chi connectivity index (χ1v) is 12.4. The molecule has 5 rings (SSSR count). The lowest BCUT2D eigenvalue weighted by molar-refractivity contribution is -0.208. The van der Waals surface area contributed by atoms with Crippen molar-refractivity contribution in [3.63, 3.8) is 0 Å². The summed E-state index contributed by atoms with van der Waals surface area (Å²) in [7, 11) is 0. The van der Waals surface area contributed by atoms with Crippen molar-refractivity contribution in [2.75, 3.05) is 6.61 Å². The van der Waals surface area contributed by atoms with Crippen LogP contribution in [0.1, 0.15) is 91.9 Å². The van der Waals surface area contributed by atoms with Crippen LogP contribution >= 0.6 is 0 Å². The first-order chi connectivity index (χ1) is 13.7. The second-order valence-electron chi connectivity index (χ2n) is 11.2. The van der Waals surface area contributed by atoms with Crippen LogP contribution < -0.4 is 0 Å². The molecule has 168 valence electrons. The van der Waals surface area contributed by atoms with Crippen molar-refractivity contribution in [3.05, 3.63) is 0 Å². The van der Waals surface area contributed by atoms with Crippen LogP contribution in [0.5, 0.6) is 0 Å². The van der Waals surface area contributed by atoms with E-state index in [0.29, 0.717) is 36.2 Å². The zero-order chi connectivity index (χ0) is 21.0. The molecule has 0 radical (unpaired) electrons. The first-order valence-electron chi connectivity index (χ1n) is 12.4. The molecule has 4 heteroatoms. The van der Waals surface area contributed by atoms with E-state index in [1.54, 1.807) is 0 Å². The van der Waals surface area contributed by atoms with Gasteiger partial charge in [0.2, 0.25) is 0 Å². The second kappa shape index (κ2) is 7.71. The van der Waals surface area contributed by atoms with Gasteiger partial charge in [-0.1, -0.05) is 27.7 Å². The Kier molecular flexibility index (Phi) is 5.84. The van der Waals surface area contributed by atoms with Gasteiger partial charge in [-0.2, -0.15) is 13.2 Å². The molecule has 5 fully saturated rings. The quantitative estimate of drug-likeness (QED) is 0.423. The lowest BCUT2D eigenvalue weighted by atomic mass is 9.44. The van der Waals surface area contributed by atoms with E-state index in [4.69, 9.17) is 4.74 Å². The number of alkyl halides is 3. The highest BCUT2D eigenvalue weighted by molar-refractivity contribution is 5.09. The minimum Gasteiger partial charge on any atom is -0.373 e. The van der Waals surface area contributed by atoms with Crippen LogP contribution in [0.15, 0.2) is 0 Å². The summed E-state index contributed by atoms with van der Waals surface area (Å²) < 4.78 is 45.5. The van der Waals surface area contributed by atoms with Crippen LogP contribution in [0.2, 0.25) is 0 Å². The van der Waals surface area contributed by atoms with Crippen LogP contribution in [0, 0.1) is 46.3 Å². The van der Waals surface area contributed by atoms with Gasteiger partial charge in [-0.3, -0.25) is 0 Å². The molecule has 5 aliphatic rings. The Labute approximate surface area is 175 Å². The van der Waals surface area contributed by atoms with Crippen LogP contribution in [0.3, 0.4) is 0 Å². The molecule has 0 bridgehead atoms. The maximum atomic E-state index is 13.3. The normalized spacial score (nSPS) is 51.2. The number of epoxide rings is 1. The van der Waals surface area contributed by atoms with Gasteiger partial charge in [0.25, 0.3) is 0 Å². The molecule has 1 aliphatic heterocycles. The van der Waals surface area contributed by atoms with Crippen molar-refractivity contribution in [3.8, 4) is 0 Å². The van der Waals surface area contributed by atoms with Crippen molar-refractivity contribution in [1.29, 1.82) is 0 Å². The van der Waals surface area contributed by atoms with E-state index < -0.39 is 12.1 Å². The number of hydrogen-bond donors (Lipinski definition) is 0. The van der Waals surface area contributed by atoms with E-state index in [9.17, 15) is 13.2 Å². The standard InChI is InChI=1S/C23H35F3O.C2H6/c1-21-9-7-16(23(24,25)26)11-14(21)3-5-18-19-6-4-15(12-17-13-27-17)22(19,2)10-8-20(18)21;1-2/h14-20H,3-13H2,1-2H3;1-2H3. The van der Waals surface area contributed by atoms with Crippen molar-refractivity contribution in [2.45, 2.75) is 104 Å². The molecule has 9 unspecified atom stereocenters. The van der Waals surface area contributed by atoms with Crippen LogP contribution in [0.25, 0.3) is 0 Å². The Bertz CT molecular complexity index is 585. The highest BCUT2D eigenvalue weighted by Crippen LogP contribution is 2.68. The average molecular weight is 415 g/mol. The smallest absolute Gasteiger partial charge is 0.373 e. The number of fused-ring (bicyclic) bond motifs is 5. The molecule has 0 aromatic carbocycles. The molecule has 0 amide bonds. The molecule has 0 spiro atoms. The second-order valence-corrected chi connectivity index (χ2v) is 11.2. The summed E-state index contributed by atoms with van der Waals surface area (Å²) in [4.78, 5) is 0. The summed E-state index contributed by atoms with van der Waals surface area (Å²) in [6.45, 7) is 9.88. The number of rotatable bonds is 2. The van der Waals surface area contributed by atoms with Gasteiger partial charge in [-0.05, 0) is 105 Å². The minimum atomic E-state index is -3.99. The number of hydrogen-bond acceptors (Lipinski definition) is 1. The third-order valence-electron chi connectivity index (χ3n) is 10.3. The van der Waals surface area contributed by atoms with Gasteiger partial charge < -0.3 is 4.74 Å². The van der Waals surface area contributed by atoms with E-state index in [2.05, 4.69) is 13.8 Å². The average Bonchev–Trinajstić information content (AvgIpc) is 3.44. The molecule has 1 heterocycles. The summed E-state index contributed by atoms with van der Waals surface area (Å²) in [6, 6.07) is 0. The summed E-state index contributed by atoms with van der Waals surface area (Å²) in [5.74, 6) is 2.29. The molecule has 4 aliphatic carbocycles. The van der Waals surface area contributed by atoms with Gasteiger partial charge >= 0.3 is 6.18 Å². The van der Waals surface area contributed by atoms with Gasteiger partial charge in [-0.25, -0.2) is 0 Å². The van der Waals surface area contributed by atoms with Gasteiger partial charge in [-0.15, -0.1) is 0 Å². The largest absolute Gasteiger partial charge is 0.391 e. The maximum Gasteiger partial charge on any atom is 0.391 e. The zero-order valence-electron chi connectivity index (χ0n) is 18.9. The van der Waals surface area contributed by atoms with Crippen LogP contribution in [0.4, 0.5) is 13.2 Å². The molecule has 1 saturated heterocycles. The fraction of sp³-hybridized carbons (Fsp3) is 1.00. The summed E-state index contributed by atoms with van der Waals surface area (Å²) in [5, 5.41) is 0. The molecule has 0 aromatic heterocycles. The molecular formula is C25H41F3O. The van der Waals surface area contributed by atoms with E-state index in [0.717, 1.165) is 37.2 Å². The Morgan fingerprint density at radius 1 is 0.862 bits per heavy atom. The highest BCUT2D eigenvalue weighted by atomic mass is 19.4. The van der Waals surface area contributed by atoms with Crippen molar-refractivity contribution in [2.24, 2.45) is 46.3 Å². The SMILES string of the molecule is CC.CC12CCC3C(CCC4CC(C(F)(F)F)CCC43C)C1CCC2CC1CO1. The van der Waals surface area contributed by atoms with E-state index >= 15 is 0 Å². The third-order valence-corrected chi connectivity index (χ3v) is 10.3. The van der Waals surface area contributed by atoms with Gasteiger partial charge in [0.05, 0.1) is 18.6 Å². The van der Waals surface area contributed by atoms with Crippen LogP contribution in [-0.4, -0.2) is 18.9 Å². The Morgan fingerprint density at radius 3 is 2.17 bits per heavy atom. The molecular weight excluding hydrogens is 373 g/mol. The number of ether oxygens (including phenoxy) is 1. The number of halogens is 3. The monoisotopic (exact) mass is 414 g/mol. The summed E-state index contributed by atoms with van der Waals surface area (Å²) in [6.07, 6.45) is 6.79. The maximum absolute atomic E-state index is 13.3. The Morgan fingerprint density at radius 2 is 1.52 bits per heavy atom. The van der Waals surface area contributed by atoms with Crippen molar-refractivity contribution >= 4 is 0 Å². The third kappa shape index (κ3) is 3.68. The predicted octanol–water partition coefficient (Wildman–Crippen LogP) is 7.64. The fourth-order valence-electron chi connectivity index (χ4n) is 8.57. The van der Waals surface area contributed by atoms with E-state index in [1.807, 2.05) is 13.8 Å². The first kappa shape index (κ1) is 22.0. The van der Waals surface area contributed by atoms with Gasteiger partial charge in [0.15, 0.2) is 0 Å². The molecule has 4 saturated carbocycles. The van der Waals surface area contributed by atoms with Crippen LogP contribution in [-0.2, 0) is 4.74 Å². The zero-order valence-corrected chi connectivity index (χ0v) is 18.9. The lowest BCUT2D eigenvalue weighted by Crippen LogP contribution is -2.54. The van der Waals surface area contributed by atoms with Gasteiger partial charge in [0, 0.05) is 0 Å².